The van der Waals surface area contributed by atoms with Gasteiger partial charge in [-0.25, -0.2) is 9.78 Å². The second-order valence-electron chi connectivity index (χ2n) is 4.86. The van der Waals surface area contributed by atoms with Crippen LogP contribution in [0.5, 0.6) is 0 Å². The molecule has 102 valence electrons. The molecular formula is C14H15N5O. The molecule has 3 rings (SSSR count). The van der Waals surface area contributed by atoms with E-state index < -0.39 is 0 Å². The summed E-state index contributed by atoms with van der Waals surface area (Å²) in [7, 11) is 0. The van der Waals surface area contributed by atoms with Crippen molar-refractivity contribution in [2.75, 3.05) is 16.0 Å². The molecule has 0 saturated carbocycles. The standard InChI is InChI=1S/C14H15N5O/c1-8-4-3-5-9(2)11(8)19-7-10-6-16-13(15)17-12(10)18-14(19)20/h3-6H,7H2,1-2H3,(H3,15,16,17,18,20). The Kier molecular flexibility index (Phi) is 2.78. The molecule has 0 aliphatic carbocycles. The van der Waals surface area contributed by atoms with Crippen LogP contribution < -0.4 is 16.0 Å². The van der Waals surface area contributed by atoms with Crippen LogP contribution in [-0.2, 0) is 6.54 Å². The number of carbonyl (C=O) groups is 1. The molecule has 0 radical (unpaired) electrons. The van der Waals surface area contributed by atoms with E-state index in [0.29, 0.717) is 12.4 Å². The number of para-hydroxylation sites is 1. The summed E-state index contributed by atoms with van der Waals surface area (Å²) in [6, 6.07) is 5.76. The summed E-state index contributed by atoms with van der Waals surface area (Å²) < 4.78 is 0. The fraction of sp³-hybridized carbons (Fsp3) is 0.214. The van der Waals surface area contributed by atoms with Crippen molar-refractivity contribution in [1.29, 1.82) is 0 Å². The lowest BCUT2D eigenvalue weighted by molar-refractivity contribution is 0.256. The molecule has 6 nitrogen and oxygen atoms in total. The highest BCUT2D eigenvalue weighted by Crippen LogP contribution is 2.30. The first-order chi connectivity index (χ1) is 9.56. The Labute approximate surface area is 116 Å². The van der Waals surface area contributed by atoms with E-state index in [0.717, 1.165) is 22.4 Å². The number of rotatable bonds is 1. The summed E-state index contributed by atoms with van der Waals surface area (Å²) >= 11 is 0. The molecule has 2 amide bonds. The van der Waals surface area contributed by atoms with E-state index in [1.165, 1.54) is 0 Å². The van der Waals surface area contributed by atoms with Gasteiger partial charge in [0.05, 0.1) is 12.2 Å². The fourth-order valence-corrected chi connectivity index (χ4v) is 2.47. The Morgan fingerprint density at radius 2 is 2.00 bits per heavy atom. The van der Waals surface area contributed by atoms with Crippen LogP contribution in [0, 0.1) is 13.8 Å². The Bertz CT molecular complexity index is 678. The predicted molar refractivity (Wildman–Crippen MR) is 77.6 cm³/mol. The molecule has 0 fully saturated rings. The summed E-state index contributed by atoms with van der Waals surface area (Å²) in [6.45, 7) is 4.42. The number of nitrogen functional groups attached to an aromatic ring is 1. The molecule has 0 bridgehead atoms. The van der Waals surface area contributed by atoms with Crippen molar-refractivity contribution in [3.05, 3.63) is 41.1 Å². The van der Waals surface area contributed by atoms with Gasteiger partial charge in [-0.15, -0.1) is 0 Å². The van der Waals surface area contributed by atoms with Gasteiger partial charge in [0.25, 0.3) is 0 Å². The number of carbonyl (C=O) groups excluding carboxylic acids is 1. The molecule has 1 aliphatic rings. The first-order valence-electron chi connectivity index (χ1n) is 6.32. The number of nitrogens with one attached hydrogen (secondary N) is 1. The zero-order chi connectivity index (χ0) is 14.3. The zero-order valence-electron chi connectivity index (χ0n) is 11.3. The van der Waals surface area contributed by atoms with Gasteiger partial charge in [-0.05, 0) is 25.0 Å². The largest absolute Gasteiger partial charge is 0.368 e. The second kappa shape index (κ2) is 4.48. The number of nitrogens with zero attached hydrogens (tertiary/aromatic N) is 3. The number of aromatic nitrogens is 2. The molecule has 0 saturated heterocycles. The molecule has 1 aromatic carbocycles. The maximum Gasteiger partial charge on any atom is 0.327 e. The summed E-state index contributed by atoms with van der Waals surface area (Å²) in [5.41, 5.74) is 9.42. The van der Waals surface area contributed by atoms with Gasteiger partial charge in [0.1, 0.15) is 5.82 Å². The highest BCUT2D eigenvalue weighted by atomic mass is 16.2. The van der Waals surface area contributed by atoms with Crippen LogP contribution in [0.25, 0.3) is 0 Å². The van der Waals surface area contributed by atoms with Crippen molar-refractivity contribution in [2.24, 2.45) is 0 Å². The first-order valence-corrected chi connectivity index (χ1v) is 6.32. The lowest BCUT2D eigenvalue weighted by Gasteiger charge is -2.30. The average molecular weight is 269 g/mol. The van der Waals surface area contributed by atoms with Crippen LogP contribution in [-0.4, -0.2) is 16.0 Å². The Hall–Kier alpha value is -2.63. The number of amides is 2. The van der Waals surface area contributed by atoms with E-state index in [4.69, 9.17) is 5.73 Å². The molecule has 3 N–H and O–H groups in total. The van der Waals surface area contributed by atoms with Crippen LogP contribution in [0.4, 0.5) is 22.2 Å². The second-order valence-corrected chi connectivity index (χ2v) is 4.86. The maximum absolute atomic E-state index is 12.3. The lowest BCUT2D eigenvalue weighted by atomic mass is 10.1. The first kappa shape index (κ1) is 12.4. The van der Waals surface area contributed by atoms with Crippen molar-refractivity contribution < 1.29 is 4.79 Å². The van der Waals surface area contributed by atoms with Crippen molar-refractivity contribution in [3.63, 3.8) is 0 Å². The Morgan fingerprint density at radius 3 is 2.70 bits per heavy atom. The minimum absolute atomic E-state index is 0.157. The maximum atomic E-state index is 12.3. The van der Waals surface area contributed by atoms with Crippen LogP contribution in [0.15, 0.2) is 24.4 Å². The minimum Gasteiger partial charge on any atom is -0.368 e. The number of aryl methyl sites for hydroxylation is 2. The number of anilines is 3. The molecule has 20 heavy (non-hydrogen) atoms. The average Bonchev–Trinajstić information content (AvgIpc) is 2.39. The van der Waals surface area contributed by atoms with Crippen molar-refractivity contribution >= 4 is 23.5 Å². The van der Waals surface area contributed by atoms with Gasteiger partial charge >= 0.3 is 6.03 Å². The van der Waals surface area contributed by atoms with Crippen molar-refractivity contribution in [2.45, 2.75) is 20.4 Å². The van der Waals surface area contributed by atoms with Crippen LogP contribution >= 0.6 is 0 Å². The van der Waals surface area contributed by atoms with Crippen LogP contribution in [0.1, 0.15) is 16.7 Å². The molecular weight excluding hydrogens is 254 g/mol. The summed E-state index contributed by atoms with van der Waals surface area (Å²) in [5.74, 6) is 0.648. The number of benzene rings is 1. The Balaban J connectivity index is 2.05. The number of fused-ring (bicyclic) bond motifs is 1. The smallest absolute Gasteiger partial charge is 0.327 e. The SMILES string of the molecule is Cc1cccc(C)c1N1Cc2cnc(N)nc2NC1=O. The predicted octanol–water partition coefficient (Wildman–Crippen LogP) is 2.23. The zero-order valence-corrected chi connectivity index (χ0v) is 11.3. The summed E-state index contributed by atoms with van der Waals surface area (Å²) in [5, 5.41) is 2.76. The molecule has 2 heterocycles. The van der Waals surface area contributed by atoms with E-state index >= 15 is 0 Å². The van der Waals surface area contributed by atoms with E-state index in [1.807, 2.05) is 32.0 Å². The topological polar surface area (TPSA) is 84.1 Å². The highest BCUT2D eigenvalue weighted by Gasteiger charge is 2.27. The van der Waals surface area contributed by atoms with Gasteiger partial charge in [0.2, 0.25) is 5.95 Å². The molecule has 0 atom stereocenters. The number of urea groups is 1. The third-order valence-electron chi connectivity index (χ3n) is 3.39. The van der Waals surface area contributed by atoms with Gasteiger partial charge in [-0.3, -0.25) is 10.2 Å². The van der Waals surface area contributed by atoms with E-state index in [9.17, 15) is 4.79 Å². The van der Waals surface area contributed by atoms with Gasteiger partial charge < -0.3 is 5.73 Å². The third kappa shape index (κ3) is 1.95. The minimum atomic E-state index is -0.201. The molecule has 0 spiro atoms. The number of hydrogen-bond donors (Lipinski definition) is 2. The van der Waals surface area contributed by atoms with E-state index in [1.54, 1.807) is 11.1 Å². The monoisotopic (exact) mass is 269 g/mol. The lowest BCUT2D eigenvalue weighted by Crippen LogP contribution is -2.40. The molecule has 2 aromatic rings. The third-order valence-corrected chi connectivity index (χ3v) is 3.39. The van der Waals surface area contributed by atoms with Crippen LogP contribution in [0.3, 0.4) is 0 Å². The van der Waals surface area contributed by atoms with Crippen LogP contribution in [0.2, 0.25) is 0 Å². The van der Waals surface area contributed by atoms with Crippen molar-refractivity contribution in [1.82, 2.24) is 9.97 Å². The number of nitrogens with two attached hydrogens (primary N) is 1. The molecule has 0 unspecified atom stereocenters. The highest BCUT2D eigenvalue weighted by molar-refractivity contribution is 6.04. The summed E-state index contributed by atoms with van der Waals surface area (Å²) in [6.07, 6.45) is 1.65. The van der Waals surface area contributed by atoms with Gasteiger partial charge in [-0.1, -0.05) is 18.2 Å². The molecule has 1 aliphatic heterocycles. The van der Waals surface area contributed by atoms with E-state index in [-0.39, 0.29) is 12.0 Å². The number of hydrogen-bond acceptors (Lipinski definition) is 4. The molecule has 1 aromatic heterocycles. The van der Waals surface area contributed by atoms with Gasteiger partial charge in [-0.2, -0.15) is 4.98 Å². The molecule has 6 heteroatoms. The quantitative estimate of drug-likeness (QED) is 0.831. The van der Waals surface area contributed by atoms with Crippen molar-refractivity contribution in [3.8, 4) is 0 Å². The van der Waals surface area contributed by atoms with Gasteiger partial charge in [0.15, 0.2) is 0 Å². The Morgan fingerprint density at radius 1 is 1.30 bits per heavy atom. The van der Waals surface area contributed by atoms with Gasteiger partial charge in [0, 0.05) is 11.8 Å². The summed E-state index contributed by atoms with van der Waals surface area (Å²) in [4.78, 5) is 22.0. The fourth-order valence-electron chi connectivity index (χ4n) is 2.47. The normalized spacial score (nSPS) is 13.9. The van der Waals surface area contributed by atoms with E-state index in [2.05, 4.69) is 15.3 Å².